The number of hydrogen-bond donors (Lipinski definition) is 0. The van der Waals surface area contributed by atoms with Gasteiger partial charge in [-0.3, -0.25) is 9.36 Å². The average molecular weight is 436 g/mol. The zero-order valence-corrected chi connectivity index (χ0v) is 17.5. The molecule has 2 aromatic heterocycles. The first-order valence-corrected chi connectivity index (χ1v) is 10.7. The summed E-state index contributed by atoms with van der Waals surface area (Å²) in [5, 5.41) is 0. The van der Waals surface area contributed by atoms with E-state index in [-0.39, 0.29) is 28.9 Å². The van der Waals surface area contributed by atoms with Crippen LogP contribution >= 0.6 is 0 Å². The highest BCUT2D eigenvalue weighted by atomic mass is 19.1. The van der Waals surface area contributed by atoms with Crippen molar-refractivity contribution in [2.75, 3.05) is 0 Å². The largest absolute Gasteiger partial charge is 0.337 e. The number of hydrogen-bond acceptors (Lipinski definition) is 3. The highest BCUT2D eigenvalue weighted by Gasteiger charge is 2.28. The summed E-state index contributed by atoms with van der Waals surface area (Å²) in [7, 11) is 0. The van der Waals surface area contributed by atoms with Crippen LogP contribution in [-0.4, -0.2) is 18.7 Å². The lowest BCUT2D eigenvalue weighted by Gasteiger charge is -2.19. The van der Waals surface area contributed by atoms with Crippen LogP contribution in [0.25, 0.3) is 16.9 Å². The average Bonchev–Trinajstić information content (AvgIpc) is 3.46. The van der Waals surface area contributed by atoms with Crippen molar-refractivity contribution >= 4 is 11.2 Å². The molecular formula is C24H22F2N4O2. The lowest BCUT2D eigenvalue weighted by Crippen LogP contribution is -2.42. The lowest BCUT2D eigenvalue weighted by atomic mass is 10.1. The van der Waals surface area contributed by atoms with Crippen LogP contribution in [0.15, 0.2) is 64.4 Å². The highest BCUT2D eigenvalue weighted by Crippen LogP contribution is 2.29. The van der Waals surface area contributed by atoms with Crippen molar-refractivity contribution in [2.45, 2.75) is 44.7 Å². The Bertz CT molecular complexity index is 1420. The van der Waals surface area contributed by atoms with Gasteiger partial charge in [0.2, 0.25) is 0 Å². The predicted molar refractivity (Wildman–Crippen MR) is 117 cm³/mol. The minimum absolute atomic E-state index is 0.0579. The van der Waals surface area contributed by atoms with E-state index in [2.05, 4.69) is 4.98 Å². The Morgan fingerprint density at radius 1 is 1.03 bits per heavy atom. The maximum atomic E-state index is 14.8. The van der Waals surface area contributed by atoms with Crippen LogP contribution in [0.1, 0.15) is 50.3 Å². The fourth-order valence-electron chi connectivity index (χ4n) is 4.67. The number of fused-ring (bicyclic) bond motifs is 1. The van der Waals surface area contributed by atoms with Gasteiger partial charge in [-0.05, 0) is 37.5 Å². The van der Waals surface area contributed by atoms with Crippen LogP contribution < -0.4 is 11.2 Å². The van der Waals surface area contributed by atoms with Crippen molar-refractivity contribution in [2.24, 2.45) is 0 Å². The van der Waals surface area contributed by atoms with E-state index >= 15 is 0 Å². The van der Waals surface area contributed by atoms with Gasteiger partial charge in [-0.1, -0.05) is 43.2 Å². The van der Waals surface area contributed by atoms with Crippen molar-refractivity contribution in [3.05, 3.63) is 92.9 Å². The quantitative estimate of drug-likeness (QED) is 0.478. The van der Waals surface area contributed by atoms with E-state index in [1.165, 1.54) is 17.0 Å². The van der Waals surface area contributed by atoms with Gasteiger partial charge < -0.3 is 4.57 Å². The summed E-state index contributed by atoms with van der Waals surface area (Å²) in [4.78, 5) is 31.5. The van der Waals surface area contributed by atoms with Gasteiger partial charge in [-0.25, -0.2) is 23.1 Å². The van der Waals surface area contributed by atoms with Crippen LogP contribution in [-0.2, 0) is 0 Å². The molecule has 1 fully saturated rings. The Morgan fingerprint density at radius 3 is 2.44 bits per heavy atom. The lowest BCUT2D eigenvalue weighted by molar-refractivity contribution is 0.471. The normalized spacial score (nSPS) is 15.5. The molecule has 32 heavy (non-hydrogen) atoms. The third-order valence-electron chi connectivity index (χ3n) is 6.34. The Kier molecular flexibility index (Phi) is 5.00. The van der Waals surface area contributed by atoms with Gasteiger partial charge in [0, 0.05) is 12.1 Å². The molecule has 2 heterocycles. The summed E-state index contributed by atoms with van der Waals surface area (Å²) in [5.74, 6) is -1.64. The molecule has 4 aromatic rings. The number of halogens is 2. The molecule has 1 saturated carbocycles. The summed E-state index contributed by atoms with van der Waals surface area (Å²) in [6.45, 7) is 1.93. The van der Waals surface area contributed by atoms with Gasteiger partial charge in [-0.15, -0.1) is 0 Å². The zero-order chi connectivity index (χ0) is 22.4. The van der Waals surface area contributed by atoms with E-state index in [0.717, 1.165) is 35.1 Å². The molecular weight excluding hydrogens is 414 g/mol. The summed E-state index contributed by atoms with van der Waals surface area (Å²) in [5.41, 5.74) is 0.0164. The summed E-state index contributed by atoms with van der Waals surface area (Å²) >= 11 is 0. The van der Waals surface area contributed by atoms with E-state index < -0.39 is 22.9 Å². The predicted octanol–water partition coefficient (Wildman–Crippen LogP) is 4.35. The molecule has 0 radical (unpaired) electrons. The van der Waals surface area contributed by atoms with Gasteiger partial charge in [0.05, 0.1) is 18.1 Å². The first kappa shape index (κ1) is 20.4. The molecule has 6 nitrogen and oxygen atoms in total. The number of imidazole rings is 1. The molecule has 0 amide bonds. The molecule has 164 valence electrons. The van der Waals surface area contributed by atoms with Crippen molar-refractivity contribution < 1.29 is 8.78 Å². The van der Waals surface area contributed by atoms with Crippen molar-refractivity contribution in [3.63, 3.8) is 0 Å². The molecule has 1 aliphatic carbocycles. The molecule has 0 spiro atoms. The van der Waals surface area contributed by atoms with Crippen LogP contribution in [0, 0.1) is 11.6 Å². The zero-order valence-electron chi connectivity index (χ0n) is 17.5. The molecule has 0 bridgehead atoms. The highest BCUT2D eigenvalue weighted by molar-refractivity contribution is 5.73. The smallest absolute Gasteiger partial charge is 0.317 e. The molecule has 8 heteroatoms. The first-order chi connectivity index (χ1) is 15.5. The van der Waals surface area contributed by atoms with Crippen LogP contribution in [0.4, 0.5) is 8.78 Å². The number of benzene rings is 2. The summed E-state index contributed by atoms with van der Waals surface area (Å²) < 4.78 is 32.4. The Labute approximate surface area is 182 Å². The molecule has 0 saturated heterocycles. The van der Waals surface area contributed by atoms with Gasteiger partial charge in [0.1, 0.15) is 11.6 Å². The third kappa shape index (κ3) is 3.18. The number of nitrogens with zero attached hydrogens (tertiary/aromatic N) is 4. The topological polar surface area (TPSA) is 61.8 Å². The van der Waals surface area contributed by atoms with Gasteiger partial charge in [0.15, 0.2) is 11.2 Å². The number of aromatic nitrogens is 4. The Hall–Kier alpha value is -3.55. The second kappa shape index (κ2) is 7.85. The Morgan fingerprint density at radius 2 is 1.75 bits per heavy atom. The maximum absolute atomic E-state index is 14.8. The van der Waals surface area contributed by atoms with E-state index in [0.29, 0.717) is 12.8 Å². The van der Waals surface area contributed by atoms with Crippen LogP contribution in [0.2, 0.25) is 0 Å². The molecule has 1 atom stereocenters. The second-order valence-electron chi connectivity index (χ2n) is 8.24. The fourth-order valence-corrected chi connectivity index (χ4v) is 4.67. The standard InChI is InChI=1S/C24H22F2N4O2/c1-15(16-7-3-2-4-8-16)28-14-27-22-21(28)23(31)29(18-9-5-6-10-18)24(32)30(22)20-12-11-17(25)13-19(20)26/h2-4,7-8,11-15,18H,5-6,9-10H2,1H3/t15-/m0/s1. The van der Waals surface area contributed by atoms with E-state index in [9.17, 15) is 18.4 Å². The minimum Gasteiger partial charge on any atom is -0.317 e. The summed E-state index contributed by atoms with van der Waals surface area (Å²) in [6, 6.07) is 12.1. The molecule has 2 aromatic carbocycles. The van der Waals surface area contributed by atoms with Crippen molar-refractivity contribution in [1.29, 1.82) is 0 Å². The molecule has 0 unspecified atom stereocenters. The van der Waals surface area contributed by atoms with E-state index in [1.54, 1.807) is 4.57 Å². The fraction of sp³-hybridized carbons (Fsp3) is 0.292. The molecule has 0 N–H and O–H groups in total. The third-order valence-corrected chi connectivity index (χ3v) is 6.34. The minimum atomic E-state index is -0.893. The monoisotopic (exact) mass is 436 g/mol. The SMILES string of the molecule is C[C@@H](c1ccccc1)n1cnc2c1c(=O)n(C1CCCC1)c(=O)n2-c1ccc(F)cc1F. The number of rotatable bonds is 4. The maximum Gasteiger partial charge on any atom is 0.337 e. The van der Waals surface area contributed by atoms with Crippen molar-refractivity contribution in [1.82, 2.24) is 18.7 Å². The molecule has 5 rings (SSSR count). The molecule has 0 aliphatic heterocycles. The van der Waals surface area contributed by atoms with E-state index in [4.69, 9.17) is 0 Å². The van der Waals surface area contributed by atoms with Gasteiger partial charge >= 0.3 is 5.69 Å². The van der Waals surface area contributed by atoms with Crippen LogP contribution in [0.3, 0.4) is 0 Å². The van der Waals surface area contributed by atoms with Gasteiger partial charge in [-0.2, -0.15) is 0 Å². The van der Waals surface area contributed by atoms with Crippen molar-refractivity contribution in [3.8, 4) is 5.69 Å². The summed E-state index contributed by atoms with van der Waals surface area (Å²) in [6.07, 6.45) is 4.74. The molecule has 1 aliphatic rings. The van der Waals surface area contributed by atoms with Gasteiger partial charge in [0.25, 0.3) is 5.56 Å². The van der Waals surface area contributed by atoms with Crippen LogP contribution in [0.5, 0.6) is 0 Å². The Balaban J connectivity index is 1.85. The van der Waals surface area contributed by atoms with E-state index in [1.807, 2.05) is 37.3 Å². The second-order valence-corrected chi connectivity index (χ2v) is 8.24. The first-order valence-electron chi connectivity index (χ1n) is 10.7.